The number of fused-ring (bicyclic) bond motifs is 1. The first-order chi connectivity index (χ1) is 12.3. The van der Waals surface area contributed by atoms with Gasteiger partial charge in [-0.25, -0.2) is 4.98 Å². The molecule has 1 saturated heterocycles. The van der Waals surface area contributed by atoms with E-state index >= 15 is 0 Å². The molecule has 3 aromatic rings. The van der Waals surface area contributed by atoms with Crippen LogP contribution in [0.15, 0.2) is 36.7 Å². The van der Waals surface area contributed by atoms with E-state index in [1.807, 2.05) is 4.52 Å². The van der Waals surface area contributed by atoms with E-state index in [0.717, 1.165) is 37.4 Å². The zero-order chi connectivity index (χ0) is 17.2. The van der Waals surface area contributed by atoms with Crippen LogP contribution in [-0.2, 0) is 11.3 Å². The van der Waals surface area contributed by atoms with Gasteiger partial charge < -0.3 is 9.64 Å². The molecule has 0 bridgehead atoms. The molecule has 6 heteroatoms. The Balaban J connectivity index is 1.57. The monoisotopic (exact) mass is 337 g/mol. The lowest BCUT2D eigenvalue weighted by Gasteiger charge is -2.34. The van der Waals surface area contributed by atoms with Crippen molar-refractivity contribution in [2.45, 2.75) is 32.3 Å². The van der Waals surface area contributed by atoms with Gasteiger partial charge in [0.1, 0.15) is 12.1 Å². The summed E-state index contributed by atoms with van der Waals surface area (Å²) in [5, 5.41) is 4.35. The van der Waals surface area contributed by atoms with Crippen molar-refractivity contribution < 1.29 is 4.74 Å². The van der Waals surface area contributed by atoms with Crippen molar-refractivity contribution in [3.05, 3.63) is 53.5 Å². The molecule has 0 radical (unpaired) electrons. The molecule has 0 atom stereocenters. The number of aryl methyl sites for hydroxylation is 1. The maximum atomic E-state index is 5.25. The molecule has 1 aliphatic heterocycles. The van der Waals surface area contributed by atoms with E-state index in [1.54, 1.807) is 13.4 Å². The zero-order valence-electron chi connectivity index (χ0n) is 14.7. The summed E-state index contributed by atoms with van der Waals surface area (Å²) in [6, 6.07) is 10.8. The number of hydrogen-bond donors (Lipinski definition) is 0. The highest BCUT2D eigenvalue weighted by Crippen LogP contribution is 2.32. The predicted octanol–water partition coefficient (Wildman–Crippen LogP) is 2.96. The van der Waals surface area contributed by atoms with Gasteiger partial charge in [-0.15, -0.1) is 0 Å². The van der Waals surface area contributed by atoms with Crippen molar-refractivity contribution >= 4 is 11.6 Å². The van der Waals surface area contributed by atoms with Crippen LogP contribution in [0.4, 0.5) is 5.82 Å². The Morgan fingerprint density at radius 2 is 2.00 bits per heavy atom. The minimum Gasteiger partial charge on any atom is -0.378 e. The number of piperidine rings is 1. The van der Waals surface area contributed by atoms with Gasteiger partial charge in [0.15, 0.2) is 0 Å². The quantitative estimate of drug-likeness (QED) is 0.732. The topological polar surface area (TPSA) is 55.6 Å². The minimum atomic E-state index is 0.482. The highest BCUT2D eigenvalue weighted by Gasteiger charge is 2.24. The van der Waals surface area contributed by atoms with Gasteiger partial charge >= 0.3 is 0 Å². The molecule has 2 aromatic heterocycles. The maximum absolute atomic E-state index is 5.25. The molecule has 3 heterocycles. The highest BCUT2D eigenvalue weighted by molar-refractivity contribution is 5.48. The van der Waals surface area contributed by atoms with Crippen molar-refractivity contribution in [2.24, 2.45) is 0 Å². The maximum Gasteiger partial charge on any atom is 0.254 e. The largest absolute Gasteiger partial charge is 0.378 e. The molecule has 25 heavy (non-hydrogen) atoms. The summed E-state index contributed by atoms with van der Waals surface area (Å²) >= 11 is 0. The summed E-state index contributed by atoms with van der Waals surface area (Å²) in [5.41, 5.74) is 3.77. The van der Waals surface area contributed by atoms with Gasteiger partial charge in [0, 0.05) is 26.3 Å². The summed E-state index contributed by atoms with van der Waals surface area (Å²) < 4.78 is 7.07. The number of methoxy groups -OCH3 is 1. The van der Waals surface area contributed by atoms with Gasteiger partial charge in [-0.3, -0.25) is 0 Å². The van der Waals surface area contributed by atoms with Crippen molar-refractivity contribution in [2.75, 3.05) is 25.1 Å². The van der Waals surface area contributed by atoms with Crippen molar-refractivity contribution in [3.63, 3.8) is 0 Å². The van der Waals surface area contributed by atoms with E-state index in [0.29, 0.717) is 18.3 Å². The van der Waals surface area contributed by atoms with Gasteiger partial charge in [0.05, 0.1) is 12.3 Å². The first-order valence-corrected chi connectivity index (χ1v) is 8.75. The third-order valence-corrected chi connectivity index (χ3v) is 5.03. The standard InChI is InChI=1S/C19H23N5O/c1-14-5-3-4-6-17(14)15-7-9-23(10-8-15)18-11-16(12-25-2)22-19-20-13-21-24(18)19/h3-6,11,13,15H,7-10,12H2,1-2H3. The number of anilines is 1. The second-order valence-electron chi connectivity index (χ2n) is 6.63. The van der Waals surface area contributed by atoms with E-state index in [1.165, 1.54) is 11.1 Å². The average Bonchev–Trinajstić information content (AvgIpc) is 3.11. The Bertz CT molecular complexity index is 867. The average molecular weight is 337 g/mol. The molecular formula is C19H23N5O. The van der Waals surface area contributed by atoms with E-state index in [-0.39, 0.29) is 0 Å². The predicted molar refractivity (Wildman–Crippen MR) is 96.9 cm³/mol. The second kappa shape index (κ2) is 6.80. The number of rotatable bonds is 4. The number of hydrogen-bond acceptors (Lipinski definition) is 5. The molecule has 1 aliphatic rings. The van der Waals surface area contributed by atoms with Gasteiger partial charge in [-0.05, 0) is 36.8 Å². The molecule has 0 saturated carbocycles. The summed E-state index contributed by atoms with van der Waals surface area (Å²) in [5.74, 6) is 2.31. The fraction of sp³-hybridized carbons (Fsp3) is 0.421. The van der Waals surface area contributed by atoms with Crippen LogP contribution in [0, 0.1) is 6.92 Å². The Labute approximate surface area is 147 Å². The fourth-order valence-electron chi connectivity index (χ4n) is 3.76. The Hall–Kier alpha value is -2.47. The Morgan fingerprint density at radius 3 is 2.76 bits per heavy atom. The molecule has 4 rings (SSSR count). The van der Waals surface area contributed by atoms with E-state index in [2.05, 4.69) is 57.2 Å². The summed E-state index contributed by atoms with van der Waals surface area (Å²) in [6.07, 6.45) is 3.84. The van der Waals surface area contributed by atoms with Crippen LogP contribution in [0.5, 0.6) is 0 Å². The summed E-state index contributed by atoms with van der Waals surface area (Å²) in [4.78, 5) is 11.1. The van der Waals surface area contributed by atoms with Gasteiger partial charge in [0.2, 0.25) is 0 Å². The number of nitrogens with zero attached hydrogens (tertiary/aromatic N) is 5. The smallest absolute Gasteiger partial charge is 0.254 e. The molecule has 1 aromatic carbocycles. The molecule has 0 spiro atoms. The van der Waals surface area contributed by atoms with Crippen LogP contribution in [0.3, 0.4) is 0 Å². The lowest BCUT2D eigenvalue weighted by Crippen LogP contribution is -2.34. The summed E-state index contributed by atoms with van der Waals surface area (Å²) in [6.45, 7) is 4.70. The van der Waals surface area contributed by atoms with Gasteiger partial charge in [-0.2, -0.15) is 14.6 Å². The second-order valence-corrected chi connectivity index (χ2v) is 6.63. The first-order valence-electron chi connectivity index (χ1n) is 8.75. The van der Waals surface area contributed by atoms with Crippen LogP contribution in [0.1, 0.15) is 35.6 Å². The Kier molecular flexibility index (Phi) is 4.36. The number of ether oxygens (including phenoxy) is 1. The van der Waals surface area contributed by atoms with Crippen LogP contribution >= 0.6 is 0 Å². The molecule has 0 unspecified atom stereocenters. The number of benzene rings is 1. The highest BCUT2D eigenvalue weighted by atomic mass is 16.5. The van der Waals surface area contributed by atoms with Crippen LogP contribution in [-0.4, -0.2) is 39.8 Å². The van der Waals surface area contributed by atoms with Crippen LogP contribution in [0.25, 0.3) is 5.78 Å². The number of aromatic nitrogens is 4. The van der Waals surface area contributed by atoms with E-state index < -0.39 is 0 Å². The van der Waals surface area contributed by atoms with Crippen molar-refractivity contribution in [1.29, 1.82) is 0 Å². The lowest BCUT2D eigenvalue weighted by molar-refractivity contribution is 0.181. The molecular weight excluding hydrogens is 314 g/mol. The normalized spacial score (nSPS) is 15.8. The van der Waals surface area contributed by atoms with E-state index in [4.69, 9.17) is 4.74 Å². The molecule has 6 nitrogen and oxygen atoms in total. The summed E-state index contributed by atoms with van der Waals surface area (Å²) in [7, 11) is 1.68. The van der Waals surface area contributed by atoms with Crippen LogP contribution < -0.4 is 4.90 Å². The first kappa shape index (κ1) is 16.0. The molecule has 0 amide bonds. The fourth-order valence-corrected chi connectivity index (χ4v) is 3.76. The Morgan fingerprint density at radius 1 is 1.20 bits per heavy atom. The van der Waals surface area contributed by atoms with Crippen molar-refractivity contribution in [1.82, 2.24) is 19.6 Å². The van der Waals surface area contributed by atoms with Crippen molar-refractivity contribution in [3.8, 4) is 0 Å². The van der Waals surface area contributed by atoms with Crippen LogP contribution in [0.2, 0.25) is 0 Å². The lowest BCUT2D eigenvalue weighted by atomic mass is 9.87. The SMILES string of the molecule is COCc1cc(N2CCC(c3ccccc3C)CC2)n2ncnc2n1. The minimum absolute atomic E-state index is 0.482. The third kappa shape index (κ3) is 3.09. The molecule has 0 N–H and O–H groups in total. The van der Waals surface area contributed by atoms with Gasteiger partial charge in [0.25, 0.3) is 5.78 Å². The molecule has 0 aliphatic carbocycles. The van der Waals surface area contributed by atoms with Gasteiger partial charge in [-0.1, -0.05) is 24.3 Å². The molecule has 130 valence electrons. The van der Waals surface area contributed by atoms with E-state index in [9.17, 15) is 0 Å². The molecule has 1 fully saturated rings. The zero-order valence-corrected chi connectivity index (χ0v) is 14.7. The third-order valence-electron chi connectivity index (χ3n) is 5.03.